The number of piperidine rings is 1. The van der Waals surface area contributed by atoms with Crippen LogP contribution < -0.4 is 15.5 Å². The van der Waals surface area contributed by atoms with Crippen molar-refractivity contribution in [3.63, 3.8) is 0 Å². The fraction of sp³-hybridized carbons (Fsp3) is 0.300. The Balaban J connectivity index is 1.61. The van der Waals surface area contributed by atoms with E-state index in [9.17, 15) is 9.59 Å². The Labute approximate surface area is 148 Å². The minimum atomic E-state index is -0.287. The topological polar surface area (TPSA) is 61.4 Å². The van der Waals surface area contributed by atoms with Gasteiger partial charge in [-0.15, -0.1) is 0 Å². The van der Waals surface area contributed by atoms with Crippen molar-refractivity contribution < 1.29 is 9.59 Å². The van der Waals surface area contributed by atoms with Gasteiger partial charge in [0.2, 0.25) is 5.91 Å². The number of benzene rings is 2. The minimum Gasteiger partial charge on any atom is -0.312 e. The normalized spacial score (nSPS) is 14.3. The molecular weight excluding hydrogens is 314 g/mol. The monoisotopic (exact) mass is 337 g/mol. The fourth-order valence-electron chi connectivity index (χ4n) is 2.92. The van der Waals surface area contributed by atoms with Crippen LogP contribution in [-0.2, 0) is 4.79 Å². The van der Waals surface area contributed by atoms with Crippen molar-refractivity contribution in [1.29, 1.82) is 0 Å². The molecule has 0 atom stereocenters. The molecule has 5 heteroatoms. The highest BCUT2D eigenvalue weighted by atomic mass is 16.2. The smallest absolute Gasteiger partial charge is 0.312 e. The van der Waals surface area contributed by atoms with Crippen LogP contribution in [0.25, 0.3) is 0 Å². The molecule has 0 aromatic heterocycles. The summed E-state index contributed by atoms with van der Waals surface area (Å²) in [6.07, 6.45) is 2.61. The molecule has 3 rings (SSSR count). The van der Waals surface area contributed by atoms with Crippen LogP contribution in [0.4, 0.5) is 21.9 Å². The van der Waals surface area contributed by atoms with Gasteiger partial charge in [-0.25, -0.2) is 4.79 Å². The first-order valence-electron chi connectivity index (χ1n) is 8.58. The fourth-order valence-corrected chi connectivity index (χ4v) is 2.92. The zero-order valence-corrected chi connectivity index (χ0v) is 14.6. The molecule has 1 saturated heterocycles. The van der Waals surface area contributed by atoms with Crippen LogP contribution in [0.3, 0.4) is 0 Å². The van der Waals surface area contributed by atoms with Crippen LogP contribution in [0, 0.1) is 13.8 Å². The van der Waals surface area contributed by atoms with Gasteiger partial charge >= 0.3 is 6.03 Å². The van der Waals surface area contributed by atoms with E-state index in [0.717, 1.165) is 36.3 Å². The van der Waals surface area contributed by atoms with Crippen LogP contribution in [0.15, 0.2) is 42.5 Å². The Morgan fingerprint density at radius 3 is 2.28 bits per heavy atom. The number of nitrogens with one attached hydrogen (secondary N) is 2. The summed E-state index contributed by atoms with van der Waals surface area (Å²) in [5.41, 5.74) is 4.65. The maximum absolute atomic E-state index is 12.1. The Kier molecular flexibility index (Phi) is 5.03. The molecule has 1 heterocycles. The molecule has 25 heavy (non-hydrogen) atoms. The summed E-state index contributed by atoms with van der Waals surface area (Å²) in [4.78, 5) is 25.9. The van der Waals surface area contributed by atoms with E-state index >= 15 is 0 Å². The average Bonchev–Trinajstić information content (AvgIpc) is 2.59. The molecule has 0 unspecified atom stereocenters. The highest BCUT2D eigenvalue weighted by Crippen LogP contribution is 2.23. The van der Waals surface area contributed by atoms with Crippen molar-refractivity contribution in [2.75, 3.05) is 22.1 Å². The molecule has 0 spiro atoms. The molecule has 0 saturated carbocycles. The molecule has 0 bridgehead atoms. The summed E-state index contributed by atoms with van der Waals surface area (Å²) in [6, 6.07) is 12.9. The van der Waals surface area contributed by atoms with E-state index in [-0.39, 0.29) is 11.9 Å². The van der Waals surface area contributed by atoms with Gasteiger partial charge in [0.05, 0.1) is 0 Å². The van der Waals surface area contributed by atoms with Gasteiger partial charge in [0.15, 0.2) is 0 Å². The summed E-state index contributed by atoms with van der Waals surface area (Å²) in [5, 5.41) is 5.64. The van der Waals surface area contributed by atoms with Crippen molar-refractivity contribution in [3.05, 3.63) is 53.6 Å². The second-order valence-corrected chi connectivity index (χ2v) is 6.43. The predicted octanol–water partition coefficient (Wildman–Crippen LogP) is 4.46. The lowest BCUT2D eigenvalue weighted by molar-refractivity contribution is -0.119. The lowest BCUT2D eigenvalue weighted by Gasteiger charge is -2.26. The van der Waals surface area contributed by atoms with Crippen molar-refractivity contribution in [2.45, 2.75) is 33.1 Å². The number of nitrogens with zero attached hydrogens (tertiary/aromatic N) is 1. The Morgan fingerprint density at radius 1 is 0.920 bits per heavy atom. The van der Waals surface area contributed by atoms with Gasteiger partial charge < -0.3 is 15.5 Å². The summed E-state index contributed by atoms with van der Waals surface area (Å²) in [7, 11) is 0. The lowest BCUT2D eigenvalue weighted by Crippen LogP contribution is -2.35. The van der Waals surface area contributed by atoms with Crippen LogP contribution in [-0.4, -0.2) is 18.5 Å². The summed E-state index contributed by atoms with van der Waals surface area (Å²) in [5.74, 6) is 0.166. The predicted molar refractivity (Wildman–Crippen MR) is 101 cm³/mol. The number of amides is 3. The summed E-state index contributed by atoms with van der Waals surface area (Å²) >= 11 is 0. The molecule has 1 aliphatic heterocycles. The van der Waals surface area contributed by atoms with Crippen LogP contribution in [0.1, 0.15) is 30.4 Å². The number of carbonyl (C=O) groups is 2. The lowest BCUT2D eigenvalue weighted by atomic mass is 10.1. The minimum absolute atomic E-state index is 0.166. The summed E-state index contributed by atoms with van der Waals surface area (Å²) < 4.78 is 0. The zero-order chi connectivity index (χ0) is 17.8. The molecule has 1 aliphatic rings. The van der Waals surface area contributed by atoms with E-state index < -0.39 is 0 Å². The highest BCUT2D eigenvalue weighted by molar-refractivity contribution is 6.00. The van der Waals surface area contributed by atoms with E-state index in [4.69, 9.17) is 0 Å². The summed E-state index contributed by atoms with van der Waals surface area (Å²) in [6.45, 7) is 4.81. The van der Waals surface area contributed by atoms with Gasteiger partial charge in [-0.1, -0.05) is 6.07 Å². The number of hydrogen-bond acceptors (Lipinski definition) is 2. The van der Waals surface area contributed by atoms with Crippen molar-refractivity contribution in [1.82, 2.24) is 0 Å². The number of aryl methyl sites for hydroxylation is 2. The molecule has 2 aromatic rings. The van der Waals surface area contributed by atoms with E-state index in [0.29, 0.717) is 12.1 Å². The number of rotatable bonds is 3. The van der Waals surface area contributed by atoms with Crippen LogP contribution in [0.5, 0.6) is 0 Å². The largest absolute Gasteiger partial charge is 0.323 e. The third kappa shape index (κ3) is 4.18. The van der Waals surface area contributed by atoms with Gasteiger partial charge in [-0.3, -0.25) is 4.79 Å². The second kappa shape index (κ2) is 7.38. The molecule has 2 N–H and O–H groups in total. The molecule has 0 aliphatic carbocycles. The molecule has 2 aromatic carbocycles. The second-order valence-electron chi connectivity index (χ2n) is 6.43. The number of hydrogen-bond donors (Lipinski definition) is 2. The van der Waals surface area contributed by atoms with E-state index in [2.05, 4.69) is 10.6 Å². The van der Waals surface area contributed by atoms with Crippen LogP contribution in [0.2, 0.25) is 0 Å². The van der Waals surface area contributed by atoms with Crippen molar-refractivity contribution in [2.24, 2.45) is 0 Å². The Bertz CT molecular complexity index is 784. The quantitative estimate of drug-likeness (QED) is 0.868. The standard InChI is InChI=1S/C20H23N3O2/c1-14-6-7-17(13-15(14)2)22-20(25)21-16-8-10-18(11-9-16)23-12-4-3-5-19(23)24/h6-11,13H,3-5,12H2,1-2H3,(H2,21,22,25). The number of urea groups is 1. The van der Waals surface area contributed by atoms with E-state index in [1.165, 1.54) is 5.56 Å². The number of anilines is 3. The van der Waals surface area contributed by atoms with Gasteiger partial charge in [-0.2, -0.15) is 0 Å². The van der Waals surface area contributed by atoms with Gasteiger partial charge in [0.25, 0.3) is 0 Å². The molecule has 0 radical (unpaired) electrons. The van der Waals surface area contributed by atoms with Crippen LogP contribution >= 0.6 is 0 Å². The van der Waals surface area contributed by atoms with Gasteiger partial charge in [-0.05, 0) is 74.2 Å². The third-order valence-electron chi connectivity index (χ3n) is 4.53. The Hall–Kier alpha value is -2.82. The first kappa shape index (κ1) is 17.0. The van der Waals surface area contributed by atoms with E-state index in [1.807, 2.05) is 61.2 Å². The Morgan fingerprint density at radius 2 is 1.60 bits per heavy atom. The zero-order valence-electron chi connectivity index (χ0n) is 14.6. The SMILES string of the molecule is Cc1ccc(NC(=O)Nc2ccc(N3CCCCC3=O)cc2)cc1C. The molecular formula is C20H23N3O2. The highest BCUT2D eigenvalue weighted by Gasteiger charge is 2.19. The van der Waals surface area contributed by atoms with E-state index in [1.54, 1.807) is 0 Å². The molecule has 1 fully saturated rings. The maximum Gasteiger partial charge on any atom is 0.323 e. The first-order chi connectivity index (χ1) is 12.0. The molecule has 3 amide bonds. The number of carbonyl (C=O) groups excluding carboxylic acids is 2. The average molecular weight is 337 g/mol. The first-order valence-corrected chi connectivity index (χ1v) is 8.58. The third-order valence-corrected chi connectivity index (χ3v) is 4.53. The maximum atomic E-state index is 12.1. The van der Waals surface area contributed by atoms with Crippen molar-refractivity contribution in [3.8, 4) is 0 Å². The van der Waals surface area contributed by atoms with Gasteiger partial charge in [0, 0.05) is 30.0 Å². The molecule has 130 valence electrons. The van der Waals surface area contributed by atoms with Crippen molar-refractivity contribution >= 4 is 29.0 Å². The van der Waals surface area contributed by atoms with Gasteiger partial charge in [0.1, 0.15) is 0 Å². The molecule has 5 nitrogen and oxygen atoms in total.